The molecule has 0 unspecified atom stereocenters. The van der Waals surface area contributed by atoms with E-state index in [9.17, 15) is 0 Å². The highest BCUT2D eigenvalue weighted by atomic mass is 32.2. The van der Waals surface area contributed by atoms with Gasteiger partial charge in [-0.3, -0.25) is 4.99 Å². The molecule has 20 heavy (non-hydrogen) atoms. The van der Waals surface area contributed by atoms with Crippen molar-refractivity contribution in [2.24, 2.45) is 10.4 Å². The van der Waals surface area contributed by atoms with Crippen LogP contribution in [0.5, 0.6) is 5.75 Å². The van der Waals surface area contributed by atoms with Gasteiger partial charge in [0.15, 0.2) is 5.17 Å². The van der Waals surface area contributed by atoms with Gasteiger partial charge in [-0.1, -0.05) is 43.8 Å². The highest BCUT2D eigenvalue weighted by Gasteiger charge is 2.29. The number of rotatable bonds is 5. The Labute approximate surface area is 126 Å². The zero-order chi connectivity index (χ0) is 14.4. The maximum Gasteiger partial charge on any atom is 0.156 e. The molecule has 1 aromatic carbocycles. The molecule has 0 fully saturated rings. The number of ether oxygens (including phenoxy) is 1. The number of hydrogen-bond donors (Lipinski definition) is 1. The maximum atomic E-state index is 5.37. The molecule has 0 saturated heterocycles. The molecule has 1 N–H and O–H groups in total. The second-order valence-electron chi connectivity index (χ2n) is 5.28. The molecule has 0 bridgehead atoms. The van der Waals surface area contributed by atoms with E-state index >= 15 is 0 Å². The number of nitrogens with zero attached hydrogens (tertiary/aromatic N) is 1. The molecule has 1 aliphatic heterocycles. The maximum absolute atomic E-state index is 5.37. The smallest absolute Gasteiger partial charge is 0.156 e. The summed E-state index contributed by atoms with van der Waals surface area (Å²) in [5.74, 6) is 2.09. The number of thioether (sulfide) groups is 1. The first-order chi connectivity index (χ1) is 9.73. The van der Waals surface area contributed by atoms with E-state index < -0.39 is 0 Å². The number of methoxy groups -OCH3 is 1. The Morgan fingerprint density at radius 1 is 1.30 bits per heavy atom. The molecule has 1 heterocycles. The van der Waals surface area contributed by atoms with Crippen molar-refractivity contribution in [3.63, 3.8) is 0 Å². The van der Waals surface area contributed by atoms with Gasteiger partial charge in [-0.15, -0.1) is 0 Å². The largest absolute Gasteiger partial charge is 0.496 e. The number of aliphatic imine (C=N–C) groups is 1. The molecule has 3 nitrogen and oxygen atoms in total. The van der Waals surface area contributed by atoms with E-state index in [-0.39, 0.29) is 0 Å². The summed E-state index contributed by atoms with van der Waals surface area (Å²) in [6.45, 7) is 6.25. The van der Waals surface area contributed by atoms with E-state index in [2.05, 4.69) is 25.2 Å². The van der Waals surface area contributed by atoms with Gasteiger partial charge in [-0.25, -0.2) is 0 Å². The number of nitrogens with one attached hydrogen (secondary N) is 1. The highest BCUT2D eigenvalue weighted by molar-refractivity contribution is 8.13. The molecular weight excluding hydrogens is 268 g/mol. The zero-order valence-electron chi connectivity index (χ0n) is 12.6. The van der Waals surface area contributed by atoms with Gasteiger partial charge in [0.25, 0.3) is 0 Å². The topological polar surface area (TPSA) is 33.6 Å². The first kappa shape index (κ1) is 15.2. The van der Waals surface area contributed by atoms with Gasteiger partial charge in [0, 0.05) is 24.4 Å². The van der Waals surface area contributed by atoms with Crippen LogP contribution in [-0.4, -0.2) is 24.6 Å². The van der Waals surface area contributed by atoms with Crippen molar-refractivity contribution in [2.45, 2.75) is 33.2 Å². The van der Waals surface area contributed by atoms with Gasteiger partial charge in [-0.05, 0) is 24.3 Å². The molecule has 0 aromatic heterocycles. The molecule has 2 rings (SSSR count). The Bertz CT molecular complexity index is 469. The fourth-order valence-electron chi connectivity index (χ4n) is 2.36. The van der Waals surface area contributed by atoms with E-state index in [1.807, 2.05) is 30.0 Å². The SMILES string of the molecule is CCC1(CC)CN=C(NCc2ccccc2OC)SC1. The van der Waals surface area contributed by atoms with Gasteiger partial charge in [0.05, 0.1) is 7.11 Å². The third kappa shape index (κ3) is 3.48. The van der Waals surface area contributed by atoms with Gasteiger partial charge < -0.3 is 10.1 Å². The summed E-state index contributed by atoms with van der Waals surface area (Å²) >= 11 is 1.85. The van der Waals surface area contributed by atoms with Gasteiger partial charge in [0.2, 0.25) is 0 Å². The minimum Gasteiger partial charge on any atom is -0.496 e. The Morgan fingerprint density at radius 3 is 2.65 bits per heavy atom. The second kappa shape index (κ2) is 7.02. The van der Waals surface area contributed by atoms with Crippen LogP contribution in [0.15, 0.2) is 29.3 Å². The lowest BCUT2D eigenvalue weighted by Gasteiger charge is -2.33. The van der Waals surface area contributed by atoms with Crippen LogP contribution in [0.25, 0.3) is 0 Å². The number of para-hydroxylation sites is 1. The Hall–Kier alpha value is -1.16. The molecule has 0 radical (unpaired) electrons. The van der Waals surface area contributed by atoms with Crippen LogP contribution in [0.4, 0.5) is 0 Å². The number of amidine groups is 1. The Balaban J connectivity index is 1.94. The third-order valence-corrected chi connectivity index (χ3v) is 5.50. The van der Waals surface area contributed by atoms with Crippen molar-refractivity contribution in [1.82, 2.24) is 5.32 Å². The number of hydrogen-bond acceptors (Lipinski definition) is 4. The van der Waals surface area contributed by atoms with Crippen molar-refractivity contribution >= 4 is 16.9 Å². The Kier molecular flexibility index (Phi) is 5.35. The highest BCUT2D eigenvalue weighted by Crippen LogP contribution is 2.34. The molecule has 0 aliphatic carbocycles. The normalized spacial score (nSPS) is 17.4. The van der Waals surface area contributed by atoms with E-state index in [1.165, 1.54) is 18.4 Å². The van der Waals surface area contributed by atoms with Crippen molar-refractivity contribution in [3.8, 4) is 5.75 Å². The summed E-state index contributed by atoms with van der Waals surface area (Å²) in [4.78, 5) is 4.72. The first-order valence-corrected chi connectivity index (χ1v) is 8.24. The average Bonchev–Trinajstić information content (AvgIpc) is 2.53. The van der Waals surface area contributed by atoms with Gasteiger partial charge in [-0.2, -0.15) is 0 Å². The quantitative estimate of drug-likeness (QED) is 0.898. The summed E-state index contributed by atoms with van der Waals surface area (Å²) in [6, 6.07) is 8.11. The van der Waals surface area contributed by atoms with Crippen LogP contribution < -0.4 is 10.1 Å². The van der Waals surface area contributed by atoms with Crippen LogP contribution >= 0.6 is 11.8 Å². The van der Waals surface area contributed by atoms with Gasteiger partial charge in [0.1, 0.15) is 5.75 Å². The minimum atomic E-state index is 0.403. The lowest BCUT2D eigenvalue weighted by atomic mass is 9.84. The van der Waals surface area contributed by atoms with Gasteiger partial charge >= 0.3 is 0 Å². The molecule has 0 atom stereocenters. The van der Waals surface area contributed by atoms with Crippen LogP contribution in [0.1, 0.15) is 32.3 Å². The predicted molar refractivity (Wildman–Crippen MR) is 87.6 cm³/mol. The molecule has 1 aromatic rings. The van der Waals surface area contributed by atoms with Crippen molar-refractivity contribution in [2.75, 3.05) is 19.4 Å². The van der Waals surface area contributed by atoms with Crippen LogP contribution in [0.3, 0.4) is 0 Å². The van der Waals surface area contributed by atoms with Crippen LogP contribution in [-0.2, 0) is 6.54 Å². The molecule has 110 valence electrons. The third-order valence-electron chi connectivity index (χ3n) is 4.20. The zero-order valence-corrected chi connectivity index (χ0v) is 13.4. The molecular formula is C16H24N2OS. The molecule has 0 amide bonds. The fraction of sp³-hybridized carbons (Fsp3) is 0.562. The average molecular weight is 292 g/mol. The summed E-state index contributed by atoms with van der Waals surface area (Å²) in [5.41, 5.74) is 1.57. The van der Waals surface area contributed by atoms with Crippen LogP contribution in [0.2, 0.25) is 0 Å². The summed E-state index contributed by atoms with van der Waals surface area (Å²) < 4.78 is 5.37. The predicted octanol–water partition coefficient (Wildman–Crippen LogP) is 3.69. The molecule has 4 heteroatoms. The molecule has 0 spiro atoms. The van der Waals surface area contributed by atoms with E-state index in [1.54, 1.807) is 7.11 Å². The standard InChI is InChI=1S/C16H24N2OS/c1-4-16(5-2)11-18-15(20-12-16)17-10-13-8-6-7-9-14(13)19-3/h6-9H,4-5,10-12H2,1-3H3,(H,17,18). The Morgan fingerprint density at radius 2 is 2.05 bits per heavy atom. The fourth-order valence-corrected chi connectivity index (χ4v) is 3.63. The molecule has 0 saturated carbocycles. The lowest BCUT2D eigenvalue weighted by Crippen LogP contribution is -2.34. The second-order valence-corrected chi connectivity index (χ2v) is 6.25. The molecule has 1 aliphatic rings. The van der Waals surface area contributed by atoms with Crippen molar-refractivity contribution < 1.29 is 4.74 Å². The van der Waals surface area contributed by atoms with Crippen molar-refractivity contribution in [1.29, 1.82) is 0 Å². The van der Waals surface area contributed by atoms with E-state index in [0.717, 1.165) is 29.8 Å². The van der Waals surface area contributed by atoms with Crippen LogP contribution in [0, 0.1) is 5.41 Å². The first-order valence-electron chi connectivity index (χ1n) is 7.26. The van der Waals surface area contributed by atoms with E-state index in [4.69, 9.17) is 9.73 Å². The monoisotopic (exact) mass is 292 g/mol. The lowest BCUT2D eigenvalue weighted by molar-refractivity contribution is 0.318. The van der Waals surface area contributed by atoms with E-state index in [0.29, 0.717) is 5.41 Å². The summed E-state index contributed by atoms with van der Waals surface area (Å²) in [5, 5.41) is 4.49. The van der Waals surface area contributed by atoms with Crippen molar-refractivity contribution in [3.05, 3.63) is 29.8 Å². The number of benzene rings is 1. The summed E-state index contributed by atoms with van der Waals surface area (Å²) in [6.07, 6.45) is 2.42. The summed E-state index contributed by atoms with van der Waals surface area (Å²) in [7, 11) is 1.71. The minimum absolute atomic E-state index is 0.403.